The van der Waals surface area contributed by atoms with Crippen LogP contribution in [0.1, 0.15) is 71.0 Å². The third-order valence-electron chi connectivity index (χ3n) is 5.10. The van der Waals surface area contributed by atoms with E-state index in [4.69, 9.17) is 15.2 Å². The van der Waals surface area contributed by atoms with E-state index in [2.05, 4.69) is 17.2 Å². The van der Waals surface area contributed by atoms with Gasteiger partial charge in [-0.3, -0.25) is 19.2 Å². The lowest BCUT2D eigenvalue weighted by Gasteiger charge is -2.34. The molecule has 0 spiro atoms. The van der Waals surface area contributed by atoms with Gasteiger partial charge in [0.25, 0.3) is 0 Å². The van der Waals surface area contributed by atoms with E-state index >= 15 is 0 Å². The number of carbonyl (C=O) groups excluding carboxylic acids is 5. The van der Waals surface area contributed by atoms with E-state index in [1.54, 1.807) is 58.0 Å². The molecule has 2 atom stereocenters. The van der Waals surface area contributed by atoms with Gasteiger partial charge in [0.1, 0.15) is 17.7 Å². The zero-order valence-electron chi connectivity index (χ0n) is 22.9. The van der Waals surface area contributed by atoms with Crippen LogP contribution in [-0.2, 0) is 28.7 Å². The molecule has 0 bridgehead atoms. The molecule has 11 nitrogen and oxygen atoms in total. The van der Waals surface area contributed by atoms with Gasteiger partial charge in [0, 0.05) is 13.1 Å². The molecule has 4 amide bonds. The topological polar surface area (TPSA) is 157 Å². The van der Waals surface area contributed by atoms with E-state index in [9.17, 15) is 24.0 Å². The smallest absolute Gasteiger partial charge is 0.408 e. The maximum absolute atomic E-state index is 13.8. The van der Waals surface area contributed by atoms with E-state index in [0.717, 1.165) is 5.56 Å². The monoisotopic (exact) mass is 532 g/mol. The maximum Gasteiger partial charge on any atom is 0.408 e. The SMILES string of the molecule is C=Cc1cccc(C(C(=O)NCCC(=O)OCC)N(CCC)C(=O)C(CC(N)=O)NC(=O)OC(C)(C)C)c1. The number of nitrogens with zero attached hydrogens (tertiary/aromatic N) is 1. The van der Waals surface area contributed by atoms with Gasteiger partial charge in [0.05, 0.1) is 19.4 Å². The number of carbonyl (C=O) groups is 5. The highest BCUT2D eigenvalue weighted by molar-refractivity contribution is 5.94. The average Bonchev–Trinajstić information content (AvgIpc) is 2.81. The number of alkyl carbamates (subject to hydrolysis) is 1. The Morgan fingerprint density at radius 1 is 1.16 bits per heavy atom. The summed E-state index contributed by atoms with van der Waals surface area (Å²) < 4.78 is 10.2. The molecule has 1 aromatic carbocycles. The number of rotatable bonds is 14. The lowest BCUT2D eigenvalue weighted by atomic mass is 9.99. The molecule has 0 aromatic heterocycles. The van der Waals surface area contributed by atoms with Gasteiger partial charge in [-0.2, -0.15) is 0 Å². The number of ether oxygens (including phenoxy) is 2. The van der Waals surface area contributed by atoms with Crippen LogP contribution in [0, 0.1) is 0 Å². The van der Waals surface area contributed by atoms with E-state index in [-0.39, 0.29) is 26.1 Å². The van der Waals surface area contributed by atoms with Gasteiger partial charge in [-0.1, -0.05) is 37.8 Å². The molecule has 4 N–H and O–H groups in total. The minimum Gasteiger partial charge on any atom is -0.466 e. The summed E-state index contributed by atoms with van der Waals surface area (Å²) in [5.41, 5.74) is 5.73. The van der Waals surface area contributed by atoms with Gasteiger partial charge >= 0.3 is 12.1 Å². The molecular formula is C27H40N4O7. The molecule has 0 radical (unpaired) electrons. The minimum absolute atomic E-state index is 0.00958. The van der Waals surface area contributed by atoms with E-state index in [0.29, 0.717) is 12.0 Å². The van der Waals surface area contributed by atoms with Crippen molar-refractivity contribution in [2.75, 3.05) is 19.7 Å². The minimum atomic E-state index is -1.37. The number of nitrogens with one attached hydrogen (secondary N) is 2. The zero-order valence-corrected chi connectivity index (χ0v) is 22.9. The summed E-state index contributed by atoms with van der Waals surface area (Å²) >= 11 is 0. The van der Waals surface area contributed by atoms with Crippen LogP contribution in [0.15, 0.2) is 30.8 Å². The van der Waals surface area contributed by atoms with E-state index < -0.39 is 53.9 Å². The molecule has 0 heterocycles. The largest absolute Gasteiger partial charge is 0.466 e. The van der Waals surface area contributed by atoms with Gasteiger partial charge in [-0.15, -0.1) is 0 Å². The predicted molar refractivity (Wildman–Crippen MR) is 143 cm³/mol. The van der Waals surface area contributed by atoms with Gasteiger partial charge in [0.2, 0.25) is 17.7 Å². The number of primary amides is 1. The first-order valence-electron chi connectivity index (χ1n) is 12.6. The Labute approximate surface area is 224 Å². The molecule has 0 aliphatic carbocycles. The van der Waals surface area contributed by atoms with Crippen molar-refractivity contribution in [1.29, 1.82) is 0 Å². The molecule has 0 saturated heterocycles. The second kappa shape index (κ2) is 15.4. The van der Waals surface area contributed by atoms with Gasteiger partial charge in [0.15, 0.2) is 0 Å². The Morgan fingerprint density at radius 2 is 1.84 bits per heavy atom. The third kappa shape index (κ3) is 11.0. The Bertz CT molecular complexity index is 1000. The number of esters is 1. The fourth-order valence-electron chi connectivity index (χ4n) is 3.61. The third-order valence-corrected chi connectivity index (χ3v) is 5.10. The van der Waals surface area contributed by atoms with Crippen molar-refractivity contribution in [3.63, 3.8) is 0 Å². The summed E-state index contributed by atoms with van der Waals surface area (Å²) in [4.78, 5) is 64.5. The molecule has 0 aliphatic heterocycles. The van der Waals surface area contributed by atoms with Crippen molar-refractivity contribution >= 4 is 35.9 Å². The van der Waals surface area contributed by atoms with Crippen LogP contribution in [-0.4, -0.2) is 66.0 Å². The zero-order chi connectivity index (χ0) is 28.9. The van der Waals surface area contributed by atoms with Crippen LogP contribution in [0.25, 0.3) is 6.08 Å². The quantitative estimate of drug-likeness (QED) is 0.311. The average molecular weight is 533 g/mol. The van der Waals surface area contributed by atoms with Crippen LogP contribution >= 0.6 is 0 Å². The van der Waals surface area contributed by atoms with Crippen molar-refractivity contribution < 1.29 is 33.4 Å². The molecule has 0 fully saturated rings. The number of hydrogen-bond acceptors (Lipinski definition) is 7. The van der Waals surface area contributed by atoms with Crippen LogP contribution < -0.4 is 16.4 Å². The first-order valence-corrected chi connectivity index (χ1v) is 12.6. The summed E-state index contributed by atoms with van der Waals surface area (Å²) in [6, 6.07) is 4.40. The molecule has 38 heavy (non-hydrogen) atoms. The summed E-state index contributed by atoms with van der Waals surface area (Å²) in [5.74, 6) is -2.53. The summed E-state index contributed by atoms with van der Waals surface area (Å²) in [6.45, 7) is 12.6. The van der Waals surface area contributed by atoms with Crippen molar-refractivity contribution in [3.05, 3.63) is 42.0 Å². The van der Waals surface area contributed by atoms with E-state index in [1.807, 2.05) is 6.92 Å². The van der Waals surface area contributed by atoms with Crippen LogP contribution in [0.3, 0.4) is 0 Å². The Balaban J connectivity index is 3.41. The van der Waals surface area contributed by atoms with Crippen molar-refractivity contribution in [2.45, 2.75) is 71.6 Å². The van der Waals surface area contributed by atoms with Crippen LogP contribution in [0.2, 0.25) is 0 Å². The Morgan fingerprint density at radius 3 is 2.39 bits per heavy atom. The maximum atomic E-state index is 13.8. The fourth-order valence-corrected chi connectivity index (χ4v) is 3.61. The standard InChI is InChI=1S/C27H40N4O7/c1-7-15-31(25(35)20(17-21(28)32)30-26(36)38-27(4,5)6)23(19-12-10-11-18(8-2)16-19)24(34)29-14-13-22(33)37-9-3/h8,10-12,16,20,23H,2,7,9,13-15,17H2,1,3-6H3,(H2,28,32)(H,29,34)(H,30,36). The second-order valence-electron chi connectivity index (χ2n) is 9.52. The normalized spacial score (nSPS) is 12.4. The first-order chi connectivity index (χ1) is 17.8. The molecule has 0 saturated carbocycles. The lowest BCUT2D eigenvalue weighted by Crippen LogP contribution is -2.54. The van der Waals surface area contributed by atoms with Crippen molar-refractivity contribution in [3.8, 4) is 0 Å². The summed E-state index contributed by atoms with van der Waals surface area (Å²) in [6.07, 6.45) is 0.617. The highest BCUT2D eigenvalue weighted by atomic mass is 16.6. The molecule has 1 aromatic rings. The number of hydrogen-bond donors (Lipinski definition) is 3. The van der Waals surface area contributed by atoms with Crippen molar-refractivity contribution in [2.24, 2.45) is 5.73 Å². The highest BCUT2D eigenvalue weighted by Gasteiger charge is 2.36. The fraction of sp³-hybridized carbons (Fsp3) is 0.519. The van der Waals surface area contributed by atoms with Gasteiger partial charge in [-0.25, -0.2) is 4.79 Å². The summed E-state index contributed by atoms with van der Waals surface area (Å²) in [5, 5.41) is 5.11. The predicted octanol–water partition coefficient (Wildman–Crippen LogP) is 2.45. The molecular weight excluding hydrogens is 492 g/mol. The summed E-state index contributed by atoms with van der Waals surface area (Å²) in [7, 11) is 0. The van der Waals surface area contributed by atoms with E-state index in [1.165, 1.54) is 4.90 Å². The Kier molecular flexibility index (Phi) is 13.0. The number of nitrogens with two attached hydrogens (primary N) is 1. The lowest BCUT2D eigenvalue weighted by molar-refractivity contribution is -0.144. The Hall–Kier alpha value is -3.89. The number of benzene rings is 1. The first kappa shape index (κ1) is 32.1. The highest BCUT2D eigenvalue weighted by Crippen LogP contribution is 2.25. The number of amides is 4. The van der Waals surface area contributed by atoms with Crippen LogP contribution in [0.5, 0.6) is 0 Å². The van der Waals surface area contributed by atoms with Gasteiger partial charge in [-0.05, 0) is 51.3 Å². The van der Waals surface area contributed by atoms with Crippen LogP contribution in [0.4, 0.5) is 4.79 Å². The molecule has 1 rings (SSSR count). The second-order valence-corrected chi connectivity index (χ2v) is 9.52. The molecule has 11 heteroatoms. The molecule has 2 unspecified atom stereocenters. The molecule has 0 aliphatic rings. The van der Waals surface area contributed by atoms with Crippen molar-refractivity contribution in [1.82, 2.24) is 15.5 Å². The van der Waals surface area contributed by atoms with Gasteiger partial charge < -0.3 is 30.7 Å². The molecule has 210 valence electrons.